The normalized spacial score (nSPS) is 10.9. The Morgan fingerprint density at radius 3 is 2.67 bits per heavy atom. The van der Waals surface area contributed by atoms with Crippen molar-refractivity contribution in [1.82, 2.24) is 30.7 Å². The number of methoxy groups -OCH3 is 1. The number of ether oxygens (including phenoxy) is 1. The molecule has 4 aromatic rings. The van der Waals surface area contributed by atoms with E-state index in [0.717, 1.165) is 4.68 Å². The molecule has 33 heavy (non-hydrogen) atoms. The van der Waals surface area contributed by atoms with Gasteiger partial charge in [-0.2, -0.15) is 9.78 Å². The van der Waals surface area contributed by atoms with Crippen molar-refractivity contribution in [3.63, 3.8) is 0 Å². The zero-order valence-corrected chi connectivity index (χ0v) is 16.9. The monoisotopic (exact) mass is 449 g/mol. The number of nitrogens with one attached hydrogen (secondary N) is 1. The second-order valence-electron chi connectivity index (χ2n) is 6.42. The van der Waals surface area contributed by atoms with Crippen LogP contribution in [-0.4, -0.2) is 49.5 Å². The maximum atomic E-state index is 12.9. The lowest BCUT2D eigenvalue weighted by molar-refractivity contribution is -0.384. The van der Waals surface area contributed by atoms with Crippen LogP contribution in [0.2, 0.25) is 0 Å². The summed E-state index contributed by atoms with van der Waals surface area (Å²) < 4.78 is 11.0. The van der Waals surface area contributed by atoms with Crippen LogP contribution in [0.1, 0.15) is 16.1 Å². The molecule has 2 aromatic heterocycles. The van der Waals surface area contributed by atoms with Crippen molar-refractivity contribution in [3.05, 3.63) is 69.9 Å². The van der Waals surface area contributed by atoms with E-state index in [2.05, 4.69) is 35.8 Å². The molecule has 2 heterocycles. The largest absolute Gasteiger partial charge is 0.496 e. The molecule has 0 unspecified atom stereocenters. The molecule has 0 atom stereocenters. The SMILES string of the molecule is COc1ccccc1/C=N/NC(=O)c1nnn(-c2nonc2N)c1-c1ccc([N+](=O)[O-])cc1. The van der Waals surface area contributed by atoms with E-state index in [1.165, 1.54) is 37.6 Å². The average molecular weight is 449 g/mol. The van der Waals surface area contributed by atoms with Gasteiger partial charge >= 0.3 is 0 Å². The molecule has 0 aliphatic carbocycles. The number of para-hydroxylation sites is 1. The van der Waals surface area contributed by atoms with Gasteiger partial charge < -0.3 is 10.5 Å². The number of nitrogens with two attached hydrogens (primary N) is 1. The molecule has 1 amide bonds. The molecule has 0 fully saturated rings. The number of aromatic nitrogens is 5. The third-order valence-corrected chi connectivity index (χ3v) is 4.44. The highest BCUT2D eigenvalue weighted by Gasteiger charge is 2.25. The van der Waals surface area contributed by atoms with Crippen LogP contribution in [-0.2, 0) is 0 Å². The van der Waals surface area contributed by atoms with E-state index in [1.54, 1.807) is 24.3 Å². The first-order valence-electron chi connectivity index (χ1n) is 9.25. The molecule has 0 saturated carbocycles. The van der Waals surface area contributed by atoms with Gasteiger partial charge in [0.25, 0.3) is 11.6 Å². The number of amides is 1. The maximum absolute atomic E-state index is 12.9. The van der Waals surface area contributed by atoms with Crippen molar-refractivity contribution in [1.29, 1.82) is 0 Å². The number of hydrogen-bond acceptors (Lipinski definition) is 11. The molecule has 2 aromatic carbocycles. The number of anilines is 1. The number of carbonyl (C=O) groups excluding carboxylic acids is 1. The first kappa shape index (κ1) is 21.1. The van der Waals surface area contributed by atoms with Gasteiger partial charge in [-0.1, -0.05) is 17.3 Å². The summed E-state index contributed by atoms with van der Waals surface area (Å²) in [5.41, 5.74) is 9.04. The van der Waals surface area contributed by atoms with Crippen LogP contribution in [0.4, 0.5) is 11.5 Å². The zero-order valence-electron chi connectivity index (χ0n) is 16.9. The summed E-state index contributed by atoms with van der Waals surface area (Å²) in [7, 11) is 1.52. The predicted octanol–water partition coefficient (Wildman–Crippen LogP) is 1.58. The molecule has 14 nitrogen and oxygen atoms in total. The molecule has 166 valence electrons. The smallest absolute Gasteiger partial charge is 0.294 e. The number of non-ortho nitro benzene ring substituents is 1. The molecule has 0 saturated heterocycles. The van der Waals surface area contributed by atoms with Gasteiger partial charge in [-0.3, -0.25) is 14.9 Å². The summed E-state index contributed by atoms with van der Waals surface area (Å²) in [6.45, 7) is 0. The predicted molar refractivity (Wildman–Crippen MR) is 114 cm³/mol. The fourth-order valence-electron chi connectivity index (χ4n) is 2.91. The van der Waals surface area contributed by atoms with Crippen LogP contribution >= 0.6 is 0 Å². The van der Waals surface area contributed by atoms with E-state index < -0.39 is 10.8 Å². The third-order valence-electron chi connectivity index (χ3n) is 4.44. The van der Waals surface area contributed by atoms with Crippen molar-refractivity contribution >= 4 is 23.6 Å². The Labute approximate surface area is 184 Å². The Kier molecular flexibility index (Phi) is 5.71. The Morgan fingerprint density at radius 1 is 1.24 bits per heavy atom. The van der Waals surface area contributed by atoms with E-state index in [0.29, 0.717) is 16.9 Å². The van der Waals surface area contributed by atoms with Crippen LogP contribution in [0, 0.1) is 10.1 Å². The van der Waals surface area contributed by atoms with Crippen LogP contribution in [0.5, 0.6) is 5.75 Å². The molecule has 0 spiro atoms. The highest BCUT2D eigenvalue weighted by atomic mass is 16.6. The Balaban J connectivity index is 1.70. The summed E-state index contributed by atoms with van der Waals surface area (Å²) in [5.74, 6) is -0.227. The topological polar surface area (TPSA) is 189 Å². The number of hydrazone groups is 1. The van der Waals surface area contributed by atoms with Gasteiger partial charge in [-0.15, -0.1) is 5.10 Å². The number of hydrogen-bond donors (Lipinski definition) is 2. The van der Waals surface area contributed by atoms with Gasteiger partial charge in [0.1, 0.15) is 11.4 Å². The van der Waals surface area contributed by atoms with Gasteiger partial charge in [-0.25, -0.2) is 10.1 Å². The number of carbonyl (C=O) groups is 1. The van der Waals surface area contributed by atoms with E-state index in [9.17, 15) is 14.9 Å². The third kappa shape index (κ3) is 4.20. The van der Waals surface area contributed by atoms with Crippen LogP contribution in [0.3, 0.4) is 0 Å². The van der Waals surface area contributed by atoms with Gasteiger partial charge in [0.05, 0.1) is 18.2 Å². The molecule has 0 radical (unpaired) electrons. The Bertz CT molecular complexity index is 1340. The quantitative estimate of drug-likeness (QED) is 0.238. The number of nitrogen functional groups attached to an aromatic ring is 1. The number of benzene rings is 2. The lowest BCUT2D eigenvalue weighted by Crippen LogP contribution is -2.19. The fourth-order valence-corrected chi connectivity index (χ4v) is 2.91. The van der Waals surface area contributed by atoms with Gasteiger partial charge in [-0.05, 0) is 34.6 Å². The van der Waals surface area contributed by atoms with Crippen molar-refractivity contribution in [2.24, 2.45) is 5.10 Å². The highest BCUT2D eigenvalue weighted by molar-refractivity contribution is 5.99. The molecular formula is C19H15N9O5. The molecule has 3 N–H and O–H groups in total. The number of nitrogens with zero attached hydrogens (tertiary/aromatic N) is 7. The van der Waals surface area contributed by atoms with E-state index >= 15 is 0 Å². The second kappa shape index (κ2) is 8.93. The number of rotatable bonds is 7. The minimum Gasteiger partial charge on any atom is -0.496 e. The lowest BCUT2D eigenvalue weighted by Gasteiger charge is -2.06. The minimum atomic E-state index is -0.698. The first-order chi connectivity index (χ1) is 16.0. The van der Waals surface area contributed by atoms with Gasteiger partial charge in [0, 0.05) is 23.3 Å². The molecule has 0 aliphatic heterocycles. The standard InChI is InChI=1S/C19H15N9O5/c1-32-14-5-3-2-4-12(14)10-21-23-19(29)15-16(11-6-8-13(9-7-11)28(30)31)27(26-22-15)18-17(20)24-33-25-18/h2-10H,1H3,(H2,20,24)(H,23,29)/b21-10+. The molecular weight excluding hydrogens is 434 g/mol. The molecule has 4 rings (SSSR count). The Hall–Kier alpha value is -5.14. The van der Waals surface area contributed by atoms with Crippen LogP contribution in [0.15, 0.2) is 58.3 Å². The van der Waals surface area contributed by atoms with E-state index in [-0.39, 0.29) is 28.7 Å². The maximum Gasteiger partial charge on any atom is 0.294 e. The molecule has 0 aliphatic rings. The summed E-state index contributed by atoms with van der Waals surface area (Å²) in [4.78, 5) is 23.3. The van der Waals surface area contributed by atoms with Crippen molar-refractivity contribution in [2.45, 2.75) is 0 Å². The molecule has 0 bridgehead atoms. The van der Waals surface area contributed by atoms with Crippen LogP contribution < -0.4 is 15.9 Å². The number of nitro benzene ring substituents is 1. The van der Waals surface area contributed by atoms with Crippen molar-refractivity contribution in [3.8, 4) is 22.8 Å². The van der Waals surface area contributed by atoms with Gasteiger partial charge in [0.15, 0.2) is 5.69 Å². The Morgan fingerprint density at radius 2 is 2.00 bits per heavy atom. The average Bonchev–Trinajstić information content (AvgIpc) is 3.45. The summed E-state index contributed by atoms with van der Waals surface area (Å²) >= 11 is 0. The summed E-state index contributed by atoms with van der Waals surface area (Å²) in [5, 5.41) is 29.9. The van der Waals surface area contributed by atoms with Crippen molar-refractivity contribution < 1.29 is 19.1 Å². The summed E-state index contributed by atoms with van der Waals surface area (Å²) in [6.07, 6.45) is 1.41. The van der Waals surface area contributed by atoms with E-state index in [1.807, 2.05) is 0 Å². The minimum absolute atomic E-state index is 0.00701. The van der Waals surface area contributed by atoms with Crippen molar-refractivity contribution in [2.75, 3.05) is 12.8 Å². The summed E-state index contributed by atoms with van der Waals surface area (Å²) in [6, 6.07) is 12.5. The molecule has 14 heteroatoms. The van der Waals surface area contributed by atoms with Gasteiger partial charge in [0.2, 0.25) is 11.6 Å². The fraction of sp³-hybridized carbons (Fsp3) is 0.0526. The highest BCUT2D eigenvalue weighted by Crippen LogP contribution is 2.28. The lowest BCUT2D eigenvalue weighted by atomic mass is 10.1. The van der Waals surface area contributed by atoms with Crippen LogP contribution in [0.25, 0.3) is 17.1 Å². The number of nitro groups is 1. The van der Waals surface area contributed by atoms with E-state index in [4.69, 9.17) is 10.5 Å². The second-order valence-corrected chi connectivity index (χ2v) is 6.42. The zero-order chi connectivity index (χ0) is 23.4. The first-order valence-corrected chi connectivity index (χ1v) is 9.25.